The molecule has 0 aliphatic heterocycles. The predicted octanol–water partition coefficient (Wildman–Crippen LogP) is 2.10. The van der Waals surface area contributed by atoms with E-state index in [-0.39, 0.29) is 12.6 Å². The molecule has 0 aliphatic rings. The van der Waals surface area contributed by atoms with Gasteiger partial charge >= 0.3 is 0 Å². The van der Waals surface area contributed by atoms with E-state index in [2.05, 4.69) is 22.0 Å². The maximum absolute atomic E-state index is 9.26. The van der Waals surface area contributed by atoms with Gasteiger partial charge < -0.3 is 15.7 Å². The number of nitrogens with two attached hydrogens (primary N) is 1. The number of aliphatic hydroxyl groups excluding tert-OH is 1. The molecule has 2 aromatic rings. The van der Waals surface area contributed by atoms with Gasteiger partial charge in [-0.15, -0.1) is 0 Å². The molecule has 0 spiro atoms. The number of benzene rings is 1. The third-order valence-corrected chi connectivity index (χ3v) is 3.21. The lowest BCUT2D eigenvalue weighted by atomic mass is 10.1. The van der Waals surface area contributed by atoms with Crippen molar-refractivity contribution in [3.8, 4) is 0 Å². The number of aliphatic hydroxyl groups is 1. The van der Waals surface area contributed by atoms with E-state index >= 15 is 0 Å². The molecule has 0 radical (unpaired) electrons. The molecule has 4 nitrogen and oxygen atoms in total. The maximum atomic E-state index is 9.26. The average Bonchev–Trinajstić information content (AvgIpc) is 2.48. The van der Waals surface area contributed by atoms with Crippen molar-refractivity contribution in [1.82, 2.24) is 4.98 Å². The molecule has 1 aromatic heterocycles. The van der Waals surface area contributed by atoms with Crippen LogP contribution in [0.3, 0.4) is 0 Å². The van der Waals surface area contributed by atoms with Gasteiger partial charge in [0.1, 0.15) is 5.82 Å². The Morgan fingerprint density at radius 2 is 2.00 bits per heavy atom. The van der Waals surface area contributed by atoms with Crippen LogP contribution in [0.25, 0.3) is 0 Å². The first kappa shape index (κ1) is 14.5. The summed E-state index contributed by atoms with van der Waals surface area (Å²) >= 11 is 0. The van der Waals surface area contributed by atoms with Crippen molar-refractivity contribution in [2.45, 2.75) is 19.5 Å². The molecule has 0 bridgehead atoms. The largest absolute Gasteiger partial charge is 0.395 e. The molecule has 20 heavy (non-hydrogen) atoms. The van der Waals surface area contributed by atoms with Gasteiger partial charge in [-0.1, -0.05) is 30.3 Å². The molecule has 1 aromatic carbocycles. The Kier molecular flexibility index (Phi) is 5.09. The number of pyridine rings is 1. The second kappa shape index (κ2) is 7.03. The smallest absolute Gasteiger partial charge is 0.129 e. The molecule has 0 fully saturated rings. The molecule has 0 saturated carbocycles. The van der Waals surface area contributed by atoms with Crippen molar-refractivity contribution in [3.05, 3.63) is 59.8 Å². The molecule has 0 unspecified atom stereocenters. The number of hydrogen-bond donors (Lipinski definition) is 2. The molecule has 3 N–H and O–H groups in total. The van der Waals surface area contributed by atoms with Crippen LogP contribution in [-0.2, 0) is 6.54 Å². The molecular formula is C16H21N3O. The predicted molar refractivity (Wildman–Crippen MR) is 81.4 cm³/mol. The minimum Gasteiger partial charge on any atom is -0.395 e. The van der Waals surface area contributed by atoms with Crippen molar-refractivity contribution in [3.63, 3.8) is 0 Å². The normalized spacial score (nSPS) is 12.2. The van der Waals surface area contributed by atoms with Crippen molar-refractivity contribution in [1.29, 1.82) is 0 Å². The van der Waals surface area contributed by atoms with Gasteiger partial charge in [0, 0.05) is 25.3 Å². The Morgan fingerprint density at radius 3 is 2.65 bits per heavy atom. The molecular weight excluding hydrogens is 250 g/mol. The molecule has 1 atom stereocenters. The first-order valence-electron chi connectivity index (χ1n) is 6.82. The summed E-state index contributed by atoms with van der Waals surface area (Å²) in [6, 6.07) is 14.0. The molecule has 2 rings (SSSR count). The maximum Gasteiger partial charge on any atom is 0.129 e. The Balaban J connectivity index is 2.21. The number of rotatable bonds is 6. The second-order valence-electron chi connectivity index (χ2n) is 4.87. The Morgan fingerprint density at radius 1 is 1.25 bits per heavy atom. The first-order valence-corrected chi connectivity index (χ1v) is 6.82. The molecule has 0 amide bonds. The van der Waals surface area contributed by atoms with Crippen molar-refractivity contribution >= 4 is 5.82 Å². The zero-order chi connectivity index (χ0) is 14.4. The summed E-state index contributed by atoms with van der Waals surface area (Å²) < 4.78 is 0. The van der Waals surface area contributed by atoms with Crippen molar-refractivity contribution in [2.75, 3.05) is 18.1 Å². The van der Waals surface area contributed by atoms with Gasteiger partial charge in [0.15, 0.2) is 0 Å². The van der Waals surface area contributed by atoms with E-state index in [1.165, 1.54) is 5.56 Å². The van der Waals surface area contributed by atoms with Crippen LogP contribution in [0.4, 0.5) is 5.82 Å². The van der Waals surface area contributed by atoms with Gasteiger partial charge in [-0.25, -0.2) is 4.98 Å². The summed E-state index contributed by atoms with van der Waals surface area (Å²) in [4.78, 5) is 6.45. The lowest BCUT2D eigenvalue weighted by molar-refractivity contribution is 0.301. The summed E-state index contributed by atoms with van der Waals surface area (Å²) in [6.07, 6.45) is 1.77. The van der Waals surface area contributed by atoms with Crippen LogP contribution in [0, 0.1) is 0 Å². The lowest BCUT2D eigenvalue weighted by Gasteiger charge is -2.23. The standard InChI is InChI=1S/C16H21N3O/c1-13(17)15-7-8-18-16(11-15)19(9-10-20)12-14-5-3-2-4-6-14/h2-8,11,13,20H,9-10,12,17H2,1H3/t13-/m1/s1. The Hall–Kier alpha value is -1.91. The topological polar surface area (TPSA) is 62.4 Å². The summed E-state index contributed by atoms with van der Waals surface area (Å²) in [7, 11) is 0. The van der Waals surface area contributed by atoms with Gasteiger partial charge in [-0.3, -0.25) is 0 Å². The van der Waals surface area contributed by atoms with E-state index in [4.69, 9.17) is 5.73 Å². The Labute approximate surface area is 119 Å². The minimum atomic E-state index is -0.0237. The zero-order valence-electron chi connectivity index (χ0n) is 11.7. The molecule has 106 valence electrons. The third kappa shape index (κ3) is 3.79. The highest BCUT2D eigenvalue weighted by molar-refractivity contribution is 5.42. The number of aromatic nitrogens is 1. The number of nitrogens with zero attached hydrogens (tertiary/aromatic N) is 2. The van der Waals surface area contributed by atoms with Crippen molar-refractivity contribution in [2.24, 2.45) is 5.73 Å². The van der Waals surface area contributed by atoms with Gasteiger partial charge in [-0.2, -0.15) is 0 Å². The second-order valence-corrected chi connectivity index (χ2v) is 4.87. The van der Waals surface area contributed by atoms with Crippen LogP contribution in [0.5, 0.6) is 0 Å². The van der Waals surface area contributed by atoms with E-state index in [1.54, 1.807) is 6.20 Å². The zero-order valence-corrected chi connectivity index (χ0v) is 11.7. The summed E-state index contributed by atoms with van der Waals surface area (Å²) in [5.74, 6) is 0.845. The highest BCUT2D eigenvalue weighted by Gasteiger charge is 2.10. The van der Waals surface area contributed by atoms with Gasteiger partial charge in [0.05, 0.1) is 6.61 Å². The summed E-state index contributed by atoms with van der Waals surface area (Å²) in [6.45, 7) is 3.31. The van der Waals surface area contributed by atoms with Crippen LogP contribution < -0.4 is 10.6 Å². The molecule has 0 aliphatic carbocycles. The van der Waals surface area contributed by atoms with Crippen LogP contribution in [0.2, 0.25) is 0 Å². The molecule has 1 heterocycles. The molecule has 0 saturated heterocycles. The summed E-state index contributed by atoms with van der Waals surface area (Å²) in [5.41, 5.74) is 8.15. The third-order valence-electron chi connectivity index (χ3n) is 3.21. The van der Waals surface area contributed by atoms with Crippen LogP contribution in [-0.4, -0.2) is 23.2 Å². The quantitative estimate of drug-likeness (QED) is 0.844. The van der Waals surface area contributed by atoms with E-state index < -0.39 is 0 Å². The average molecular weight is 271 g/mol. The monoisotopic (exact) mass is 271 g/mol. The highest BCUT2D eigenvalue weighted by atomic mass is 16.3. The van der Waals surface area contributed by atoms with Crippen LogP contribution in [0.15, 0.2) is 48.7 Å². The first-order chi connectivity index (χ1) is 9.70. The minimum absolute atomic E-state index is 0.0237. The van der Waals surface area contributed by atoms with Gasteiger partial charge in [-0.05, 0) is 30.2 Å². The molecule has 4 heteroatoms. The fourth-order valence-electron chi connectivity index (χ4n) is 2.09. The fourth-order valence-corrected chi connectivity index (χ4v) is 2.09. The van der Waals surface area contributed by atoms with Gasteiger partial charge in [0.25, 0.3) is 0 Å². The number of hydrogen-bond acceptors (Lipinski definition) is 4. The highest BCUT2D eigenvalue weighted by Crippen LogP contribution is 2.18. The fraction of sp³-hybridized carbons (Fsp3) is 0.312. The van der Waals surface area contributed by atoms with E-state index in [0.29, 0.717) is 6.54 Å². The number of anilines is 1. The lowest BCUT2D eigenvalue weighted by Crippen LogP contribution is -2.27. The van der Waals surface area contributed by atoms with E-state index in [1.807, 2.05) is 37.3 Å². The van der Waals surface area contributed by atoms with Crippen LogP contribution in [0.1, 0.15) is 24.1 Å². The van der Waals surface area contributed by atoms with E-state index in [0.717, 1.165) is 17.9 Å². The Bertz CT molecular complexity index is 528. The SMILES string of the molecule is C[C@@H](N)c1ccnc(N(CCO)Cc2ccccc2)c1. The van der Waals surface area contributed by atoms with Crippen LogP contribution >= 0.6 is 0 Å². The summed E-state index contributed by atoms with van der Waals surface area (Å²) in [5, 5.41) is 9.26. The van der Waals surface area contributed by atoms with Gasteiger partial charge in [0.2, 0.25) is 0 Å². The van der Waals surface area contributed by atoms with Crippen molar-refractivity contribution < 1.29 is 5.11 Å². The van der Waals surface area contributed by atoms with E-state index in [9.17, 15) is 5.11 Å².